The van der Waals surface area contributed by atoms with E-state index in [2.05, 4.69) is 5.10 Å². The van der Waals surface area contributed by atoms with Crippen LogP contribution in [0.1, 0.15) is 5.56 Å². The van der Waals surface area contributed by atoms with Crippen molar-refractivity contribution in [3.05, 3.63) is 52.3 Å². The molecule has 0 saturated carbocycles. The molecule has 2 aromatic rings. The Morgan fingerprint density at radius 1 is 1.41 bits per heavy atom. The van der Waals surface area contributed by atoms with Crippen LogP contribution in [0.3, 0.4) is 0 Å². The van der Waals surface area contributed by atoms with Crippen molar-refractivity contribution in [1.29, 1.82) is 5.41 Å². The monoisotopic (exact) mass is 231 g/mol. The van der Waals surface area contributed by atoms with Crippen molar-refractivity contribution in [2.45, 2.75) is 0 Å². The van der Waals surface area contributed by atoms with Gasteiger partial charge in [-0.15, -0.1) is 0 Å². The van der Waals surface area contributed by atoms with E-state index in [4.69, 9.17) is 11.1 Å². The van der Waals surface area contributed by atoms with Gasteiger partial charge in [-0.1, -0.05) is 0 Å². The molecular formula is C10H9N5O2. The molecule has 0 aliphatic rings. The summed E-state index contributed by atoms with van der Waals surface area (Å²) in [5, 5.41) is 21.6. The number of hydrogen-bond acceptors (Lipinski definition) is 4. The quantitative estimate of drug-likeness (QED) is 0.356. The second kappa shape index (κ2) is 4.05. The summed E-state index contributed by atoms with van der Waals surface area (Å²) in [6.07, 6.45) is 2.50. The lowest BCUT2D eigenvalue weighted by molar-refractivity contribution is -0.384. The maximum Gasteiger partial charge on any atom is 0.307 e. The first-order chi connectivity index (χ1) is 8.08. The molecule has 1 aromatic carbocycles. The Hall–Kier alpha value is -2.70. The minimum absolute atomic E-state index is 0.0250. The summed E-state index contributed by atoms with van der Waals surface area (Å²) in [6.45, 7) is 0. The fourth-order valence-electron chi connectivity index (χ4n) is 1.34. The summed E-state index contributed by atoms with van der Waals surface area (Å²) in [7, 11) is 0. The van der Waals surface area contributed by atoms with Gasteiger partial charge in [0, 0.05) is 5.56 Å². The van der Waals surface area contributed by atoms with Gasteiger partial charge in [0.05, 0.1) is 10.6 Å². The molecule has 7 heteroatoms. The number of nitro groups is 1. The molecule has 0 spiro atoms. The summed E-state index contributed by atoms with van der Waals surface area (Å²) in [5.74, 6) is -0.0250. The van der Waals surface area contributed by atoms with Crippen molar-refractivity contribution in [2.24, 2.45) is 5.73 Å². The van der Waals surface area contributed by atoms with Gasteiger partial charge in [-0.05, 0) is 24.3 Å². The number of nitrogen functional groups attached to an aromatic ring is 1. The average Bonchev–Trinajstić information content (AvgIpc) is 2.78. The summed E-state index contributed by atoms with van der Waals surface area (Å²) in [4.78, 5) is 9.99. The molecule has 1 heterocycles. The Labute approximate surface area is 96.1 Å². The number of hydrogen-bond donors (Lipinski definition) is 2. The molecule has 0 fully saturated rings. The maximum atomic E-state index is 10.5. The Balaban J connectivity index is 2.33. The third-order valence-electron chi connectivity index (χ3n) is 2.22. The van der Waals surface area contributed by atoms with Crippen molar-refractivity contribution in [1.82, 2.24) is 9.78 Å². The highest BCUT2D eigenvalue weighted by molar-refractivity contribution is 5.95. The van der Waals surface area contributed by atoms with Crippen LogP contribution in [0.15, 0.2) is 36.7 Å². The van der Waals surface area contributed by atoms with Crippen LogP contribution in [0.4, 0.5) is 5.69 Å². The highest BCUT2D eigenvalue weighted by atomic mass is 16.6. The third-order valence-corrected chi connectivity index (χ3v) is 2.22. The molecule has 0 bridgehead atoms. The molecule has 17 heavy (non-hydrogen) atoms. The van der Waals surface area contributed by atoms with E-state index in [0.717, 1.165) is 0 Å². The Kier molecular flexibility index (Phi) is 2.57. The summed E-state index contributed by atoms with van der Waals surface area (Å²) < 4.78 is 1.39. The SMILES string of the molecule is N=C(N)c1ccc(-n2cc([N+](=O)[O-])cn2)cc1. The number of nitrogens with one attached hydrogen (secondary N) is 1. The van der Waals surface area contributed by atoms with Crippen LogP contribution in [0, 0.1) is 15.5 Å². The molecular weight excluding hydrogens is 222 g/mol. The van der Waals surface area contributed by atoms with Crippen molar-refractivity contribution < 1.29 is 4.92 Å². The number of rotatable bonds is 3. The van der Waals surface area contributed by atoms with Gasteiger partial charge in [0.25, 0.3) is 0 Å². The molecule has 0 unspecified atom stereocenters. The van der Waals surface area contributed by atoms with Gasteiger partial charge in [-0.25, -0.2) is 4.68 Å². The Bertz CT molecular complexity index is 573. The van der Waals surface area contributed by atoms with Crippen molar-refractivity contribution in [3.63, 3.8) is 0 Å². The van der Waals surface area contributed by atoms with Crippen LogP contribution in [0.25, 0.3) is 5.69 Å². The van der Waals surface area contributed by atoms with Gasteiger partial charge in [-0.2, -0.15) is 5.10 Å². The first-order valence-corrected chi connectivity index (χ1v) is 4.72. The van der Waals surface area contributed by atoms with Gasteiger partial charge >= 0.3 is 5.69 Å². The lowest BCUT2D eigenvalue weighted by atomic mass is 10.2. The van der Waals surface area contributed by atoms with Crippen LogP contribution < -0.4 is 5.73 Å². The molecule has 0 saturated heterocycles. The van der Waals surface area contributed by atoms with Crippen LogP contribution in [0.5, 0.6) is 0 Å². The van der Waals surface area contributed by atoms with Gasteiger partial charge < -0.3 is 5.73 Å². The predicted octanol–water partition coefficient (Wildman–Crippen LogP) is 1.06. The molecule has 2 rings (SSSR count). The van der Waals surface area contributed by atoms with E-state index >= 15 is 0 Å². The number of benzene rings is 1. The van der Waals surface area contributed by atoms with Crippen LogP contribution in [0.2, 0.25) is 0 Å². The van der Waals surface area contributed by atoms with Gasteiger partial charge in [-0.3, -0.25) is 15.5 Å². The fourth-order valence-corrected chi connectivity index (χ4v) is 1.34. The molecule has 3 N–H and O–H groups in total. The molecule has 0 amide bonds. The minimum atomic E-state index is -0.507. The number of aromatic nitrogens is 2. The average molecular weight is 231 g/mol. The van der Waals surface area contributed by atoms with Crippen LogP contribution >= 0.6 is 0 Å². The lowest BCUT2D eigenvalue weighted by Gasteiger charge is -2.02. The third kappa shape index (κ3) is 2.12. The molecule has 0 radical (unpaired) electrons. The lowest BCUT2D eigenvalue weighted by Crippen LogP contribution is -2.10. The molecule has 0 aliphatic carbocycles. The second-order valence-corrected chi connectivity index (χ2v) is 3.36. The fraction of sp³-hybridized carbons (Fsp3) is 0. The van der Waals surface area contributed by atoms with E-state index in [0.29, 0.717) is 11.3 Å². The van der Waals surface area contributed by atoms with Gasteiger partial charge in [0.1, 0.15) is 18.2 Å². The van der Waals surface area contributed by atoms with Crippen molar-refractivity contribution in [2.75, 3.05) is 0 Å². The Morgan fingerprint density at radius 2 is 2.06 bits per heavy atom. The van der Waals surface area contributed by atoms with Crippen LogP contribution in [-0.2, 0) is 0 Å². The normalized spacial score (nSPS) is 10.1. The predicted molar refractivity (Wildman–Crippen MR) is 61.2 cm³/mol. The summed E-state index contributed by atoms with van der Waals surface area (Å²) >= 11 is 0. The molecule has 0 atom stereocenters. The van der Waals surface area contributed by atoms with E-state index in [1.54, 1.807) is 24.3 Å². The molecule has 7 nitrogen and oxygen atoms in total. The zero-order valence-electron chi connectivity index (χ0n) is 8.70. The van der Waals surface area contributed by atoms with E-state index in [-0.39, 0.29) is 11.5 Å². The second-order valence-electron chi connectivity index (χ2n) is 3.36. The topological polar surface area (TPSA) is 111 Å². The molecule has 0 aliphatic heterocycles. The van der Waals surface area contributed by atoms with Gasteiger partial charge in [0.2, 0.25) is 0 Å². The first kappa shape index (κ1) is 10.8. The summed E-state index contributed by atoms with van der Waals surface area (Å²) in [5.41, 5.74) is 6.51. The largest absolute Gasteiger partial charge is 0.384 e. The number of nitrogens with two attached hydrogens (primary N) is 1. The number of amidine groups is 1. The molecule has 86 valence electrons. The van der Waals surface area contributed by atoms with Crippen molar-refractivity contribution in [3.8, 4) is 5.69 Å². The highest BCUT2D eigenvalue weighted by Crippen LogP contribution is 2.14. The zero-order valence-corrected chi connectivity index (χ0v) is 8.70. The maximum absolute atomic E-state index is 10.5. The van der Waals surface area contributed by atoms with E-state index in [9.17, 15) is 10.1 Å². The van der Waals surface area contributed by atoms with Crippen LogP contribution in [-0.4, -0.2) is 20.5 Å². The molecule has 1 aromatic heterocycles. The number of nitrogens with zero attached hydrogens (tertiary/aromatic N) is 3. The smallest absolute Gasteiger partial charge is 0.307 e. The van der Waals surface area contributed by atoms with Crippen molar-refractivity contribution >= 4 is 11.5 Å². The first-order valence-electron chi connectivity index (χ1n) is 4.72. The summed E-state index contributed by atoms with van der Waals surface area (Å²) in [6, 6.07) is 6.69. The van der Waals surface area contributed by atoms with Gasteiger partial charge in [0.15, 0.2) is 0 Å². The van der Waals surface area contributed by atoms with E-state index in [1.807, 2.05) is 0 Å². The van der Waals surface area contributed by atoms with E-state index < -0.39 is 4.92 Å². The standard InChI is InChI=1S/C10H9N5O2/c11-10(12)7-1-3-8(4-2-7)14-6-9(5-13-14)15(16)17/h1-6H,(H3,11,12). The zero-order chi connectivity index (χ0) is 12.4. The van der Waals surface area contributed by atoms with E-state index in [1.165, 1.54) is 17.1 Å². The highest BCUT2D eigenvalue weighted by Gasteiger charge is 2.09. The minimum Gasteiger partial charge on any atom is -0.384 e. The Morgan fingerprint density at radius 3 is 2.53 bits per heavy atom.